The summed E-state index contributed by atoms with van der Waals surface area (Å²) in [5, 5.41) is 0. The summed E-state index contributed by atoms with van der Waals surface area (Å²) in [5.41, 5.74) is 1.89. The molecule has 0 saturated carbocycles. The monoisotopic (exact) mass is 275 g/mol. The van der Waals surface area contributed by atoms with Gasteiger partial charge in [0.1, 0.15) is 5.75 Å². The smallest absolute Gasteiger partial charge is 0.159 e. The summed E-state index contributed by atoms with van der Waals surface area (Å²) in [7, 11) is 1.69. The zero-order valence-electron chi connectivity index (χ0n) is 12.8. The fourth-order valence-corrected chi connectivity index (χ4v) is 2.91. The highest BCUT2D eigenvalue weighted by Gasteiger charge is 2.19. The third-order valence-electron chi connectivity index (χ3n) is 4.37. The summed E-state index contributed by atoms with van der Waals surface area (Å²) in [6.45, 7) is 7.05. The number of hydrogen-bond acceptors (Lipinski definition) is 3. The third kappa shape index (κ3) is 3.60. The standard InChI is InChI=1S/C17H25NO2/c1-4-14-7-9-18(10-8-14)12-16-11-15(13(2)19)5-6-17(16)20-3/h5-6,11,14H,4,7-10,12H2,1-3H3. The van der Waals surface area contributed by atoms with Crippen molar-refractivity contribution in [2.24, 2.45) is 5.92 Å². The lowest BCUT2D eigenvalue weighted by Crippen LogP contribution is -2.33. The maximum atomic E-state index is 11.5. The summed E-state index contributed by atoms with van der Waals surface area (Å²) in [6.07, 6.45) is 3.85. The summed E-state index contributed by atoms with van der Waals surface area (Å²) in [6, 6.07) is 5.73. The Hall–Kier alpha value is -1.35. The number of ether oxygens (including phenoxy) is 1. The van der Waals surface area contributed by atoms with E-state index in [1.165, 1.54) is 19.3 Å². The van der Waals surface area contributed by atoms with Crippen LogP contribution in [0, 0.1) is 5.92 Å². The molecule has 1 aliphatic rings. The molecule has 0 spiro atoms. The minimum absolute atomic E-state index is 0.110. The average molecular weight is 275 g/mol. The maximum Gasteiger partial charge on any atom is 0.159 e. The topological polar surface area (TPSA) is 29.5 Å². The number of likely N-dealkylation sites (tertiary alicyclic amines) is 1. The zero-order valence-corrected chi connectivity index (χ0v) is 12.8. The Kier molecular flexibility index (Phi) is 5.18. The van der Waals surface area contributed by atoms with Gasteiger partial charge in [0, 0.05) is 17.7 Å². The van der Waals surface area contributed by atoms with E-state index in [0.717, 1.165) is 42.4 Å². The number of carbonyl (C=O) groups is 1. The van der Waals surface area contributed by atoms with Gasteiger partial charge in [-0.1, -0.05) is 13.3 Å². The lowest BCUT2D eigenvalue weighted by Gasteiger charge is -2.31. The molecule has 20 heavy (non-hydrogen) atoms. The van der Waals surface area contributed by atoms with E-state index in [2.05, 4.69) is 11.8 Å². The van der Waals surface area contributed by atoms with Gasteiger partial charge in [-0.25, -0.2) is 0 Å². The second-order valence-corrected chi connectivity index (χ2v) is 5.71. The first-order chi connectivity index (χ1) is 9.63. The van der Waals surface area contributed by atoms with Crippen LogP contribution in [0.2, 0.25) is 0 Å². The molecular formula is C17H25NO2. The fourth-order valence-electron chi connectivity index (χ4n) is 2.91. The molecule has 0 aliphatic carbocycles. The van der Waals surface area contributed by atoms with Gasteiger partial charge >= 0.3 is 0 Å². The number of rotatable bonds is 5. The van der Waals surface area contributed by atoms with E-state index in [1.54, 1.807) is 14.0 Å². The first-order valence-corrected chi connectivity index (χ1v) is 7.54. The molecule has 1 saturated heterocycles. The molecule has 0 radical (unpaired) electrons. The van der Waals surface area contributed by atoms with Crippen LogP contribution < -0.4 is 4.74 Å². The Balaban J connectivity index is 2.08. The molecule has 0 atom stereocenters. The molecule has 0 amide bonds. The Labute approximate surface area is 121 Å². The SMILES string of the molecule is CCC1CCN(Cc2cc(C(C)=O)ccc2OC)CC1. The normalized spacial score (nSPS) is 17.1. The molecule has 0 N–H and O–H groups in total. The number of ketones is 1. The van der Waals surface area contributed by atoms with Crippen molar-refractivity contribution in [3.05, 3.63) is 29.3 Å². The van der Waals surface area contributed by atoms with Crippen molar-refractivity contribution in [3.63, 3.8) is 0 Å². The zero-order chi connectivity index (χ0) is 14.5. The van der Waals surface area contributed by atoms with E-state index in [4.69, 9.17) is 4.74 Å². The number of nitrogens with zero attached hydrogens (tertiary/aromatic N) is 1. The molecule has 1 fully saturated rings. The lowest BCUT2D eigenvalue weighted by atomic mass is 9.94. The van der Waals surface area contributed by atoms with Gasteiger partial charge in [-0.05, 0) is 57.0 Å². The Bertz CT molecular complexity index is 462. The quantitative estimate of drug-likeness (QED) is 0.770. The van der Waals surface area contributed by atoms with E-state index >= 15 is 0 Å². The molecule has 1 aromatic carbocycles. The van der Waals surface area contributed by atoms with Crippen LogP contribution in [0.5, 0.6) is 5.75 Å². The molecule has 0 bridgehead atoms. The summed E-state index contributed by atoms with van der Waals surface area (Å²) in [4.78, 5) is 14.0. The second-order valence-electron chi connectivity index (χ2n) is 5.71. The average Bonchev–Trinajstić information content (AvgIpc) is 2.48. The van der Waals surface area contributed by atoms with Crippen molar-refractivity contribution in [1.82, 2.24) is 4.90 Å². The lowest BCUT2D eigenvalue weighted by molar-refractivity contribution is 0.101. The number of carbonyl (C=O) groups excluding carboxylic acids is 1. The van der Waals surface area contributed by atoms with Crippen LogP contribution in [0.25, 0.3) is 0 Å². The molecular weight excluding hydrogens is 250 g/mol. The molecule has 3 heteroatoms. The van der Waals surface area contributed by atoms with Crippen LogP contribution in [0.4, 0.5) is 0 Å². The summed E-state index contributed by atoms with van der Waals surface area (Å²) >= 11 is 0. The van der Waals surface area contributed by atoms with E-state index in [1.807, 2.05) is 18.2 Å². The highest BCUT2D eigenvalue weighted by Crippen LogP contribution is 2.25. The van der Waals surface area contributed by atoms with Gasteiger partial charge < -0.3 is 4.74 Å². The number of benzene rings is 1. The predicted molar refractivity (Wildman–Crippen MR) is 81.3 cm³/mol. The van der Waals surface area contributed by atoms with E-state index in [-0.39, 0.29) is 5.78 Å². The van der Waals surface area contributed by atoms with Crippen LogP contribution in [0.3, 0.4) is 0 Å². The van der Waals surface area contributed by atoms with Crippen LogP contribution in [-0.4, -0.2) is 30.9 Å². The van der Waals surface area contributed by atoms with Crippen molar-refractivity contribution >= 4 is 5.78 Å². The molecule has 1 aliphatic heterocycles. The molecule has 1 aromatic rings. The second kappa shape index (κ2) is 6.89. The highest BCUT2D eigenvalue weighted by atomic mass is 16.5. The number of methoxy groups -OCH3 is 1. The van der Waals surface area contributed by atoms with Crippen molar-refractivity contribution < 1.29 is 9.53 Å². The highest BCUT2D eigenvalue weighted by molar-refractivity contribution is 5.94. The minimum Gasteiger partial charge on any atom is -0.496 e. The molecule has 110 valence electrons. The number of Topliss-reactive ketones (excluding diaryl/α,β-unsaturated/α-hetero) is 1. The van der Waals surface area contributed by atoms with Gasteiger partial charge in [-0.2, -0.15) is 0 Å². The summed E-state index contributed by atoms with van der Waals surface area (Å²) < 4.78 is 5.43. The minimum atomic E-state index is 0.110. The first kappa shape index (κ1) is 15.0. The predicted octanol–water partition coefficient (Wildman–Crippen LogP) is 3.52. The summed E-state index contributed by atoms with van der Waals surface area (Å²) in [5.74, 6) is 1.88. The van der Waals surface area contributed by atoms with E-state index in [0.29, 0.717) is 0 Å². The largest absolute Gasteiger partial charge is 0.496 e. The van der Waals surface area contributed by atoms with Gasteiger partial charge in [0.25, 0.3) is 0 Å². The molecule has 2 rings (SSSR count). The van der Waals surface area contributed by atoms with Crippen LogP contribution >= 0.6 is 0 Å². The van der Waals surface area contributed by atoms with Gasteiger partial charge in [-0.3, -0.25) is 9.69 Å². The van der Waals surface area contributed by atoms with Crippen LogP contribution in [-0.2, 0) is 6.54 Å². The molecule has 3 nitrogen and oxygen atoms in total. The third-order valence-corrected chi connectivity index (χ3v) is 4.37. The Morgan fingerprint density at radius 3 is 2.60 bits per heavy atom. The fraction of sp³-hybridized carbons (Fsp3) is 0.588. The molecule has 0 unspecified atom stereocenters. The van der Waals surface area contributed by atoms with E-state index in [9.17, 15) is 4.79 Å². The van der Waals surface area contributed by atoms with Crippen LogP contribution in [0.1, 0.15) is 49.0 Å². The molecule has 0 aromatic heterocycles. The maximum absolute atomic E-state index is 11.5. The number of piperidine rings is 1. The van der Waals surface area contributed by atoms with E-state index < -0.39 is 0 Å². The Morgan fingerprint density at radius 2 is 2.05 bits per heavy atom. The van der Waals surface area contributed by atoms with Crippen LogP contribution in [0.15, 0.2) is 18.2 Å². The van der Waals surface area contributed by atoms with Gasteiger partial charge in [0.2, 0.25) is 0 Å². The first-order valence-electron chi connectivity index (χ1n) is 7.54. The van der Waals surface area contributed by atoms with Crippen molar-refractivity contribution in [2.45, 2.75) is 39.7 Å². The number of hydrogen-bond donors (Lipinski definition) is 0. The Morgan fingerprint density at radius 1 is 1.35 bits per heavy atom. The van der Waals surface area contributed by atoms with Crippen molar-refractivity contribution in [3.8, 4) is 5.75 Å². The van der Waals surface area contributed by atoms with Gasteiger partial charge in [0.15, 0.2) is 5.78 Å². The van der Waals surface area contributed by atoms with Crippen molar-refractivity contribution in [1.29, 1.82) is 0 Å². The van der Waals surface area contributed by atoms with Crippen molar-refractivity contribution in [2.75, 3.05) is 20.2 Å². The molecule has 1 heterocycles. The van der Waals surface area contributed by atoms with Gasteiger partial charge in [-0.15, -0.1) is 0 Å². The van der Waals surface area contributed by atoms with Gasteiger partial charge in [0.05, 0.1) is 7.11 Å².